The maximum absolute atomic E-state index is 13.7. The summed E-state index contributed by atoms with van der Waals surface area (Å²) >= 11 is 3.06. The molecule has 2 aromatic carbocycles. The first-order valence-electron chi connectivity index (χ1n) is 11.7. The monoisotopic (exact) mass is 497 g/mol. The van der Waals surface area contributed by atoms with Gasteiger partial charge in [0.25, 0.3) is 0 Å². The number of benzene rings is 2. The summed E-state index contributed by atoms with van der Waals surface area (Å²) in [5.41, 5.74) is 3.00. The van der Waals surface area contributed by atoms with Gasteiger partial charge in [0, 0.05) is 8.02 Å². The maximum atomic E-state index is 13.7. The molecule has 2 aromatic rings. The molecule has 0 radical (unpaired) electrons. The van der Waals surface area contributed by atoms with Gasteiger partial charge < -0.3 is 4.84 Å². The third-order valence-corrected chi connectivity index (χ3v) is 6.33. The summed E-state index contributed by atoms with van der Waals surface area (Å²) in [6.45, 7) is 3.64. The summed E-state index contributed by atoms with van der Waals surface area (Å²) in [5.74, 6) is -0.0351. The SMILES string of the molecule is [2H]C([2H])(Br)c1ccc(/C(C)=N/OCc2ccc(C3CCCCC3)c(C(F)(F)F)c2)cc1CC. The van der Waals surface area contributed by atoms with Crippen LogP contribution in [0.4, 0.5) is 13.2 Å². The van der Waals surface area contributed by atoms with Crippen LogP contribution in [0.2, 0.25) is 0 Å². The maximum Gasteiger partial charge on any atom is 0.416 e. The number of oxime groups is 1. The standard InChI is InChI=1S/C25H29BrF3NO/c1-3-19-14-21(10-11-22(19)15-26)17(2)30-31-16-18-9-12-23(20-7-5-4-6-8-20)24(13-18)25(27,28)29/h9-14,20H,3-8,15-16H2,1-2H3/b30-17+/i15D2. The second kappa shape index (κ2) is 10.7. The predicted molar refractivity (Wildman–Crippen MR) is 123 cm³/mol. The Bertz CT molecular complexity index is 996. The summed E-state index contributed by atoms with van der Waals surface area (Å²) in [6, 6.07) is 9.83. The molecule has 0 aromatic heterocycles. The van der Waals surface area contributed by atoms with E-state index in [0.29, 0.717) is 28.8 Å². The average Bonchev–Trinajstić information content (AvgIpc) is 2.78. The lowest BCUT2D eigenvalue weighted by molar-refractivity contribution is -0.138. The van der Waals surface area contributed by atoms with Gasteiger partial charge in [0.05, 0.1) is 11.3 Å². The molecule has 0 spiro atoms. The highest BCUT2D eigenvalue weighted by atomic mass is 79.9. The van der Waals surface area contributed by atoms with Crippen molar-refractivity contribution in [2.24, 2.45) is 5.16 Å². The second-order valence-corrected chi connectivity index (χ2v) is 8.42. The first kappa shape index (κ1) is 21.0. The minimum absolute atomic E-state index is 0.0351. The number of nitrogens with zero attached hydrogens (tertiary/aromatic N) is 1. The van der Waals surface area contributed by atoms with Gasteiger partial charge in [-0.3, -0.25) is 0 Å². The number of aryl methyl sites for hydroxylation is 1. The molecular weight excluding hydrogens is 467 g/mol. The zero-order valence-corrected chi connectivity index (χ0v) is 19.4. The molecule has 0 aliphatic heterocycles. The predicted octanol–water partition coefficient (Wildman–Crippen LogP) is 8.15. The van der Waals surface area contributed by atoms with E-state index in [9.17, 15) is 13.2 Å². The third-order valence-electron chi connectivity index (χ3n) is 5.91. The van der Waals surface area contributed by atoms with Gasteiger partial charge in [-0.2, -0.15) is 13.2 Å². The molecule has 2 nitrogen and oxygen atoms in total. The van der Waals surface area contributed by atoms with E-state index in [2.05, 4.69) is 21.1 Å². The van der Waals surface area contributed by atoms with Gasteiger partial charge in [-0.05, 0) is 72.1 Å². The molecule has 1 saturated carbocycles. The third kappa shape index (κ3) is 6.12. The number of alkyl halides is 4. The van der Waals surface area contributed by atoms with Gasteiger partial charge in [0.2, 0.25) is 0 Å². The van der Waals surface area contributed by atoms with E-state index in [1.165, 1.54) is 6.07 Å². The Morgan fingerprint density at radius 3 is 2.52 bits per heavy atom. The van der Waals surface area contributed by atoms with Crippen LogP contribution in [0.1, 0.15) is 88.0 Å². The van der Waals surface area contributed by atoms with Crippen LogP contribution in [0, 0.1) is 0 Å². The van der Waals surface area contributed by atoms with E-state index in [1.807, 2.05) is 13.0 Å². The molecule has 0 unspecified atom stereocenters. The van der Waals surface area contributed by atoms with Gasteiger partial charge in [0.1, 0.15) is 6.61 Å². The van der Waals surface area contributed by atoms with Crippen molar-refractivity contribution in [1.29, 1.82) is 0 Å². The molecule has 0 heterocycles. The van der Waals surface area contributed by atoms with Crippen LogP contribution in [0.5, 0.6) is 0 Å². The van der Waals surface area contributed by atoms with Crippen molar-refractivity contribution in [3.05, 3.63) is 69.8 Å². The zero-order valence-electron chi connectivity index (χ0n) is 19.9. The number of halogens is 4. The zero-order chi connectivity index (χ0) is 24.2. The van der Waals surface area contributed by atoms with Crippen LogP contribution < -0.4 is 0 Å². The van der Waals surface area contributed by atoms with Crippen LogP contribution in [-0.4, -0.2) is 5.71 Å². The summed E-state index contributed by atoms with van der Waals surface area (Å²) < 4.78 is 57.0. The van der Waals surface area contributed by atoms with Crippen LogP contribution in [0.15, 0.2) is 41.6 Å². The highest BCUT2D eigenvalue weighted by Crippen LogP contribution is 2.41. The topological polar surface area (TPSA) is 21.6 Å². The molecule has 0 bridgehead atoms. The van der Waals surface area contributed by atoms with Gasteiger partial charge in [0.15, 0.2) is 0 Å². The fourth-order valence-corrected chi connectivity index (χ4v) is 4.55. The second-order valence-electron chi connectivity index (χ2n) is 8.02. The highest BCUT2D eigenvalue weighted by Gasteiger charge is 2.35. The largest absolute Gasteiger partial charge is 0.416 e. The quantitative estimate of drug-likeness (QED) is 0.214. The van der Waals surface area contributed by atoms with E-state index in [0.717, 1.165) is 43.2 Å². The van der Waals surface area contributed by atoms with Gasteiger partial charge in [-0.15, -0.1) is 0 Å². The molecule has 0 saturated heterocycles. The fraction of sp³-hybridized carbons (Fsp3) is 0.480. The molecule has 31 heavy (non-hydrogen) atoms. The van der Waals surface area contributed by atoms with Crippen LogP contribution in [0.3, 0.4) is 0 Å². The number of hydrogen-bond acceptors (Lipinski definition) is 2. The molecule has 1 fully saturated rings. The molecule has 1 aliphatic carbocycles. The number of hydrogen-bond donors (Lipinski definition) is 0. The van der Waals surface area contributed by atoms with Crippen molar-refractivity contribution < 1.29 is 20.8 Å². The van der Waals surface area contributed by atoms with Gasteiger partial charge in [-0.1, -0.05) is 71.5 Å². The molecular formula is C25H29BrF3NO. The average molecular weight is 498 g/mol. The normalized spacial score (nSPS) is 17.3. The first-order valence-corrected chi connectivity index (χ1v) is 11.5. The molecule has 6 heteroatoms. The Kier molecular flexibility index (Phi) is 7.24. The van der Waals surface area contributed by atoms with Gasteiger partial charge >= 0.3 is 6.18 Å². The van der Waals surface area contributed by atoms with Crippen molar-refractivity contribution in [3.63, 3.8) is 0 Å². The van der Waals surface area contributed by atoms with E-state index in [4.69, 9.17) is 7.58 Å². The van der Waals surface area contributed by atoms with Crippen molar-refractivity contribution >= 4 is 21.6 Å². The molecule has 0 N–H and O–H groups in total. The Morgan fingerprint density at radius 2 is 1.87 bits per heavy atom. The summed E-state index contributed by atoms with van der Waals surface area (Å²) in [4.78, 5) is 5.40. The minimum Gasteiger partial charge on any atom is -0.391 e. The van der Waals surface area contributed by atoms with E-state index >= 15 is 0 Å². The fourth-order valence-electron chi connectivity index (χ4n) is 4.17. The van der Waals surface area contributed by atoms with Crippen molar-refractivity contribution in [2.45, 2.75) is 76.4 Å². The van der Waals surface area contributed by atoms with Crippen molar-refractivity contribution in [3.8, 4) is 0 Å². The van der Waals surface area contributed by atoms with Gasteiger partial charge in [-0.25, -0.2) is 0 Å². The molecule has 0 amide bonds. The smallest absolute Gasteiger partial charge is 0.391 e. The molecule has 1 aliphatic rings. The Balaban J connectivity index is 1.75. The lowest BCUT2D eigenvalue weighted by Crippen LogP contribution is -2.15. The lowest BCUT2D eigenvalue weighted by Gasteiger charge is -2.25. The Labute approximate surface area is 193 Å². The summed E-state index contributed by atoms with van der Waals surface area (Å²) in [5, 5.41) is 2.46. The Morgan fingerprint density at radius 1 is 1.13 bits per heavy atom. The van der Waals surface area contributed by atoms with E-state index in [1.54, 1.807) is 31.2 Å². The highest BCUT2D eigenvalue weighted by molar-refractivity contribution is 9.08. The van der Waals surface area contributed by atoms with Crippen LogP contribution in [0.25, 0.3) is 0 Å². The van der Waals surface area contributed by atoms with Crippen molar-refractivity contribution in [2.75, 3.05) is 0 Å². The van der Waals surface area contributed by atoms with Crippen molar-refractivity contribution in [1.82, 2.24) is 0 Å². The van der Waals surface area contributed by atoms with Crippen LogP contribution >= 0.6 is 15.9 Å². The van der Waals surface area contributed by atoms with E-state index < -0.39 is 17.0 Å². The van der Waals surface area contributed by atoms with Crippen LogP contribution in [-0.2, 0) is 29.3 Å². The Hall–Kier alpha value is -1.82. The summed E-state index contributed by atoms with van der Waals surface area (Å²) in [6.07, 6.45) is 0.891. The molecule has 0 atom stereocenters. The molecule has 3 rings (SSSR count). The lowest BCUT2D eigenvalue weighted by atomic mass is 9.81. The summed E-state index contributed by atoms with van der Waals surface area (Å²) in [7, 11) is 0. The van der Waals surface area contributed by atoms with E-state index in [-0.39, 0.29) is 12.5 Å². The number of rotatable bonds is 7. The first-order chi connectivity index (χ1) is 15.5. The minimum atomic E-state index is -4.40. The molecule has 168 valence electrons.